The van der Waals surface area contributed by atoms with Gasteiger partial charge in [0.15, 0.2) is 0 Å². The average molecular weight is 270 g/mol. The molecule has 108 valence electrons. The van der Waals surface area contributed by atoms with Crippen molar-refractivity contribution < 1.29 is 0 Å². The Morgan fingerprint density at radius 2 is 1.70 bits per heavy atom. The predicted octanol–water partition coefficient (Wildman–Crippen LogP) is 4.84. The molecule has 1 aliphatic carbocycles. The number of nitrogens with one attached hydrogen (secondary N) is 1. The number of aromatic nitrogens is 2. The number of fused-ring (bicyclic) bond motifs is 2. The van der Waals surface area contributed by atoms with E-state index >= 15 is 0 Å². The Morgan fingerprint density at radius 3 is 2.30 bits per heavy atom. The molecular weight excluding hydrogens is 244 g/mol. The van der Waals surface area contributed by atoms with E-state index in [0.29, 0.717) is 5.92 Å². The summed E-state index contributed by atoms with van der Waals surface area (Å²) in [5.41, 5.74) is 5.44. The summed E-state index contributed by atoms with van der Waals surface area (Å²) in [6, 6.07) is 4.68. The first-order valence-corrected chi connectivity index (χ1v) is 8.06. The molecule has 20 heavy (non-hydrogen) atoms. The summed E-state index contributed by atoms with van der Waals surface area (Å²) in [4.78, 5) is 8.24. The minimum absolute atomic E-state index is 0.465. The molecule has 1 unspecified atom stereocenters. The highest BCUT2D eigenvalue weighted by Crippen LogP contribution is 2.31. The maximum absolute atomic E-state index is 4.75. The van der Waals surface area contributed by atoms with Gasteiger partial charge in [0.2, 0.25) is 0 Å². The number of H-pyrrole nitrogens is 1. The third-order valence-corrected chi connectivity index (χ3v) is 4.88. The van der Waals surface area contributed by atoms with Crippen molar-refractivity contribution in [3.8, 4) is 0 Å². The molecule has 0 amide bonds. The molecule has 1 aromatic heterocycles. The van der Waals surface area contributed by atoms with Crippen LogP contribution in [0.25, 0.3) is 11.0 Å². The van der Waals surface area contributed by atoms with Gasteiger partial charge >= 0.3 is 0 Å². The second-order valence-corrected chi connectivity index (χ2v) is 7.00. The molecule has 0 saturated heterocycles. The van der Waals surface area contributed by atoms with Crippen LogP contribution in [-0.4, -0.2) is 9.97 Å². The number of aromatic amines is 1. The van der Waals surface area contributed by atoms with Crippen LogP contribution in [0.15, 0.2) is 12.1 Å². The summed E-state index contributed by atoms with van der Waals surface area (Å²) in [5.74, 6) is 3.26. The van der Waals surface area contributed by atoms with Crippen molar-refractivity contribution >= 4 is 11.0 Å². The van der Waals surface area contributed by atoms with Crippen molar-refractivity contribution in [2.24, 2.45) is 11.8 Å². The highest BCUT2D eigenvalue weighted by molar-refractivity contribution is 5.77. The average Bonchev–Trinajstić information content (AvgIpc) is 2.69. The largest absolute Gasteiger partial charge is 0.342 e. The topological polar surface area (TPSA) is 28.7 Å². The quantitative estimate of drug-likeness (QED) is 0.777. The first kappa shape index (κ1) is 13.7. The number of imidazole rings is 1. The Hall–Kier alpha value is -1.31. The number of rotatable bonds is 2. The number of aryl methyl sites for hydroxylation is 2. The Kier molecular flexibility index (Phi) is 3.57. The SMILES string of the molecule is CC(C)c1nc2cc3c(cc2[nH]1)CCC(C(C)C)CC3. The smallest absolute Gasteiger partial charge is 0.109 e. The fourth-order valence-electron chi connectivity index (χ4n) is 3.40. The van der Waals surface area contributed by atoms with Crippen molar-refractivity contribution in [1.29, 1.82) is 0 Å². The van der Waals surface area contributed by atoms with Crippen molar-refractivity contribution in [1.82, 2.24) is 9.97 Å². The third kappa shape index (κ3) is 2.48. The minimum Gasteiger partial charge on any atom is -0.342 e. The molecule has 1 aromatic carbocycles. The number of benzene rings is 1. The van der Waals surface area contributed by atoms with E-state index in [2.05, 4.69) is 44.8 Å². The van der Waals surface area contributed by atoms with Crippen LogP contribution in [0.2, 0.25) is 0 Å². The lowest BCUT2D eigenvalue weighted by molar-refractivity contribution is 0.345. The molecule has 2 heteroatoms. The molecule has 0 radical (unpaired) electrons. The molecule has 0 saturated carbocycles. The molecule has 1 heterocycles. The molecule has 2 nitrogen and oxygen atoms in total. The molecular formula is C18H26N2. The van der Waals surface area contributed by atoms with Crippen LogP contribution >= 0.6 is 0 Å². The first-order valence-electron chi connectivity index (χ1n) is 8.06. The second kappa shape index (κ2) is 5.23. The van der Waals surface area contributed by atoms with Crippen LogP contribution in [0.4, 0.5) is 0 Å². The van der Waals surface area contributed by atoms with E-state index < -0.39 is 0 Å². The van der Waals surface area contributed by atoms with E-state index in [4.69, 9.17) is 4.98 Å². The van der Waals surface area contributed by atoms with E-state index in [1.807, 2.05) is 0 Å². The first-order chi connectivity index (χ1) is 9.54. The number of nitrogens with zero attached hydrogens (tertiary/aromatic N) is 1. The zero-order valence-corrected chi connectivity index (χ0v) is 13.2. The summed E-state index contributed by atoms with van der Waals surface area (Å²) < 4.78 is 0. The van der Waals surface area contributed by atoms with E-state index in [0.717, 1.165) is 23.2 Å². The summed E-state index contributed by atoms with van der Waals surface area (Å²) in [5, 5.41) is 0. The molecule has 0 spiro atoms. The highest BCUT2D eigenvalue weighted by atomic mass is 14.9. The number of hydrogen-bond acceptors (Lipinski definition) is 1. The second-order valence-electron chi connectivity index (χ2n) is 7.00. The Morgan fingerprint density at radius 1 is 1.05 bits per heavy atom. The van der Waals surface area contributed by atoms with E-state index in [-0.39, 0.29) is 0 Å². The van der Waals surface area contributed by atoms with Crippen molar-refractivity contribution in [2.75, 3.05) is 0 Å². The van der Waals surface area contributed by atoms with Crippen LogP contribution in [-0.2, 0) is 12.8 Å². The van der Waals surface area contributed by atoms with Crippen LogP contribution < -0.4 is 0 Å². The van der Waals surface area contributed by atoms with Gasteiger partial charge < -0.3 is 4.98 Å². The maximum atomic E-state index is 4.75. The van der Waals surface area contributed by atoms with Gasteiger partial charge in [-0.15, -0.1) is 0 Å². The van der Waals surface area contributed by atoms with Crippen LogP contribution in [0.5, 0.6) is 0 Å². The van der Waals surface area contributed by atoms with Crippen LogP contribution in [0.3, 0.4) is 0 Å². The summed E-state index contributed by atoms with van der Waals surface area (Å²) in [7, 11) is 0. The third-order valence-electron chi connectivity index (χ3n) is 4.88. The highest BCUT2D eigenvalue weighted by Gasteiger charge is 2.20. The summed E-state index contributed by atoms with van der Waals surface area (Å²) >= 11 is 0. The normalized spacial score (nSPS) is 16.9. The van der Waals surface area contributed by atoms with E-state index in [1.54, 1.807) is 5.56 Å². The van der Waals surface area contributed by atoms with Crippen molar-refractivity contribution in [2.45, 2.75) is 59.3 Å². The van der Waals surface area contributed by atoms with E-state index in [1.165, 1.54) is 36.8 Å². The van der Waals surface area contributed by atoms with Crippen LogP contribution in [0.1, 0.15) is 63.4 Å². The molecule has 3 rings (SSSR count). The molecule has 1 aliphatic rings. The lowest BCUT2D eigenvalue weighted by Crippen LogP contribution is -2.08. The van der Waals surface area contributed by atoms with Crippen molar-refractivity contribution in [3.05, 3.63) is 29.1 Å². The molecule has 2 aromatic rings. The zero-order chi connectivity index (χ0) is 14.3. The Labute approximate surface area is 122 Å². The van der Waals surface area contributed by atoms with Gasteiger partial charge in [-0.3, -0.25) is 0 Å². The van der Waals surface area contributed by atoms with Gasteiger partial charge in [-0.2, -0.15) is 0 Å². The van der Waals surface area contributed by atoms with Gasteiger partial charge in [-0.1, -0.05) is 27.7 Å². The molecule has 1 atom stereocenters. The van der Waals surface area contributed by atoms with Crippen molar-refractivity contribution in [3.63, 3.8) is 0 Å². The fourth-order valence-corrected chi connectivity index (χ4v) is 3.40. The molecule has 0 bridgehead atoms. The molecule has 0 fully saturated rings. The van der Waals surface area contributed by atoms with Gasteiger partial charge in [-0.05, 0) is 60.8 Å². The monoisotopic (exact) mass is 270 g/mol. The van der Waals surface area contributed by atoms with Gasteiger partial charge in [0.25, 0.3) is 0 Å². The van der Waals surface area contributed by atoms with E-state index in [9.17, 15) is 0 Å². The summed E-state index contributed by atoms with van der Waals surface area (Å²) in [6.45, 7) is 9.11. The van der Waals surface area contributed by atoms with Gasteiger partial charge in [0, 0.05) is 5.92 Å². The standard InChI is InChI=1S/C18H26N2/c1-11(2)13-5-7-14-9-16-17(10-15(14)8-6-13)20-18(19-16)12(3)4/h9-13H,5-8H2,1-4H3,(H,19,20). The molecule has 1 N–H and O–H groups in total. The van der Waals surface area contributed by atoms with Gasteiger partial charge in [0.05, 0.1) is 11.0 Å². The Balaban J connectivity index is 1.95. The lowest BCUT2D eigenvalue weighted by Gasteiger charge is -2.17. The Bertz CT molecular complexity index is 562. The predicted molar refractivity (Wildman–Crippen MR) is 85.2 cm³/mol. The van der Waals surface area contributed by atoms with Gasteiger partial charge in [-0.25, -0.2) is 4.98 Å². The fraction of sp³-hybridized carbons (Fsp3) is 0.611. The van der Waals surface area contributed by atoms with Crippen LogP contribution in [0, 0.1) is 11.8 Å². The number of hydrogen-bond donors (Lipinski definition) is 1. The van der Waals surface area contributed by atoms with Gasteiger partial charge in [0.1, 0.15) is 5.82 Å². The maximum Gasteiger partial charge on any atom is 0.109 e. The summed E-state index contributed by atoms with van der Waals surface area (Å²) in [6.07, 6.45) is 5.11. The molecule has 0 aliphatic heterocycles. The lowest BCUT2D eigenvalue weighted by atomic mass is 9.88. The minimum atomic E-state index is 0.465. The zero-order valence-electron chi connectivity index (χ0n) is 13.2.